The Morgan fingerprint density at radius 1 is 0.974 bits per heavy atom. The van der Waals surface area contributed by atoms with E-state index < -0.39 is 53.8 Å². The number of primary amides is 1. The molecule has 1 aromatic heterocycles. The summed E-state index contributed by atoms with van der Waals surface area (Å²) in [6.07, 6.45) is 1.88. The van der Waals surface area contributed by atoms with Crippen LogP contribution < -0.4 is 27.4 Å². The first-order valence-corrected chi connectivity index (χ1v) is 12.9. The van der Waals surface area contributed by atoms with Gasteiger partial charge in [-0.1, -0.05) is 32.0 Å². The standard InChI is InChI=1S/C25H36N6O6S/c1-13(2)9-19(30-22(33)16(26)10-14-11-28-17-6-4-3-5-15(14)17)24(35)29-18(7-8-21(27)32)23(34)31-20(12-38)25(36)37/h3-6,11,13,16,18-20,28,38H,7-10,12,26H2,1-2H3,(H2,27,32)(H,29,35)(H,30,33)(H,31,34)(H,36,37). The van der Waals surface area contributed by atoms with Crippen molar-refractivity contribution in [3.8, 4) is 0 Å². The van der Waals surface area contributed by atoms with E-state index in [1.54, 1.807) is 6.20 Å². The Kier molecular flexibility index (Phi) is 11.6. The number of aliphatic carboxylic acids is 1. The number of thiol groups is 1. The van der Waals surface area contributed by atoms with Crippen molar-refractivity contribution in [1.29, 1.82) is 0 Å². The van der Waals surface area contributed by atoms with Crippen molar-refractivity contribution in [1.82, 2.24) is 20.9 Å². The normalized spacial score (nSPS) is 14.3. The van der Waals surface area contributed by atoms with Gasteiger partial charge in [0.25, 0.3) is 0 Å². The van der Waals surface area contributed by atoms with Gasteiger partial charge in [-0.3, -0.25) is 19.2 Å². The fraction of sp³-hybridized carbons (Fsp3) is 0.480. The largest absolute Gasteiger partial charge is 0.480 e. The second-order valence-corrected chi connectivity index (χ2v) is 9.87. The molecule has 0 bridgehead atoms. The zero-order valence-corrected chi connectivity index (χ0v) is 22.3. The van der Waals surface area contributed by atoms with Crippen molar-refractivity contribution < 1.29 is 29.1 Å². The van der Waals surface area contributed by atoms with Gasteiger partial charge < -0.3 is 37.5 Å². The number of carbonyl (C=O) groups is 5. The molecule has 38 heavy (non-hydrogen) atoms. The van der Waals surface area contributed by atoms with Crippen molar-refractivity contribution >= 4 is 53.1 Å². The number of nitrogens with two attached hydrogens (primary N) is 2. The molecule has 1 heterocycles. The zero-order chi connectivity index (χ0) is 28.4. The number of carboxylic acids is 1. The highest BCUT2D eigenvalue weighted by atomic mass is 32.1. The molecule has 0 aliphatic carbocycles. The first-order valence-electron chi connectivity index (χ1n) is 12.3. The lowest BCUT2D eigenvalue weighted by Gasteiger charge is -2.25. The zero-order valence-electron chi connectivity index (χ0n) is 21.4. The number of benzene rings is 1. The fourth-order valence-electron chi connectivity index (χ4n) is 3.90. The first-order chi connectivity index (χ1) is 17.9. The van der Waals surface area contributed by atoms with E-state index >= 15 is 0 Å². The molecule has 0 saturated heterocycles. The molecule has 2 aromatic rings. The van der Waals surface area contributed by atoms with Gasteiger partial charge in [-0.2, -0.15) is 12.6 Å². The lowest BCUT2D eigenvalue weighted by molar-refractivity contribution is -0.141. The second kappa shape index (κ2) is 14.4. The van der Waals surface area contributed by atoms with Gasteiger partial charge in [0.1, 0.15) is 18.1 Å². The van der Waals surface area contributed by atoms with Gasteiger partial charge in [0.2, 0.25) is 23.6 Å². The summed E-state index contributed by atoms with van der Waals surface area (Å²) in [5, 5.41) is 17.6. The third-order valence-electron chi connectivity index (χ3n) is 5.90. The molecule has 4 unspecified atom stereocenters. The van der Waals surface area contributed by atoms with E-state index in [9.17, 15) is 29.1 Å². The second-order valence-electron chi connectivity index (χ2n) is 9.51. The summed E-state index contributed by atoms with van der Waals surface area (Å²) in [6, 6.07) is 3.07. The highest BCUT2D eigenvalue weighted by molar-refractivity contribution is 7.80. The average molecular weight is 549 g/mol. The van der Waals surface area contributed by atoms with Gasteiger partial charge in [0, 0.05) is 29.3 Å². The van der Waals surface area contributed by atoms with Crippen molar-refractivity contribution in [2.45, 2.75) is 63.7 Å². The summed E-state index contributed by atoms with van der Waals surface area (Å²) in [7, 11) is 0. The number of para-hydroxylation sites is 1. The highest BCUT2D eigenvalue weighted by Gasteiger charge is 2.30. The van der Waals surface area contributed by atoms with E-state index in [-0.39, 0.29) is 37.4 Å². The minimum atomic E-state index is -1.30. The first kappa shape index (κ1) is 30.6. The van der Waals surface area contributed by atoms with Crippen LogP contribution in [0.1, 0.15) is 38.7 Å². The van der Waals surface area contributed by atoms with Crippen LogP contribution in [0.4, 0.5) is 0 Å². The quantitative estimate of drug-likeness (QED) is 0.141. The van der Waals surface area contributed by atoms with Gasteiger partial charge in [0.05, 0.1) is 6.04 Å². The van der Waals surface area contributed by atoms with Crippen LogP contribution in [-0.4, -0.2) is 69.6 Å². The predicted molar refractivity (Wildman–Crippen MR) is 145 cm³/mol. The van der Waals surface area contributed by atoms with Crippen molar-refractivity contribution in [2.24, 2.45) is 17.4 Å². The number of rotatable bonds is 15. The minimum Gasteiger partial charge on any atom is -0.480 e. The maximum Gasteiger partial charge on any atom is 0.327 e. The molecular weight excluding hydrogens is 512 g/mol. The molecule has 0 fully saturated rings. The SMILES string of the molecule is CC(C)CC(NC(=O)C(N)Cc1c[nH]c2ccccc12)C(=O)NC(CCC(N)=O)C(=O)NC(CS)C(=O)O. The van der Waals surface area contributed by atoms with Crippen molar-refractivity contribution in [3.63, 3.8) is 0 Å². The summed E-state index contributed by atoms with van der Waals surface area (Å²) in [6.45, 7) is 3.72. The number of carbonyl (C=O) groups excluding carboxylic acids is 4. The lowest BCUT2D eigenvalue weighted by Crippen LogP contribution is -2.57. The van der Waals surface area contributed by atoms with Crippen LogP contribution in [-0.2, 0) is 30.4 Å². The number of aromatic amines is 1. The molecule has 0 spiro atoms. The van der Waals surface area contributed by atoms with Crippen LogP contribution in [0.25, 0.3) is 10.9 Å². The summed E-state index contributed by atoms with van der Waals surface area (Å²) >= 11 is 3.91. The Bertz CT molecular complexity index is 1150. The van der Waals surface area contributed by atoms with Crippen LogP contribution in [0.5, 0.6) is 0 Å². The summed E-state index contributed by atoms with van der Waals surface area (Å²) in [5.41, 5.74) is 13.1. The van der Waals surface area contributed by atoms with E-state index in [0.717, 1.165) is 16.5 Å². The molecule has 208 valence electrons. The van der Waals surface area contributed by atoms with Crippen molar-refractivity contribution in [2.75, 3.05) is 5.75 Å². The Labute approximate surface area is 226 Å². The molecule has 12 nitrogen and oxygen atoms in total. The maximum atomic E-state index is 13.2. The number of hydrogen-bond donors (Lipinski definition) is 8. The molecule has 2 rings (SSSR count). The van der Waals surface area contributed by atoms with E-state index in [1.807, 2.05) is 38.1 Å². The van der Waals surface area contributed by atoms with E-state index in [4.69, 9.17) is 11.5 Å². The van der Waals surface area contributed by atoms with Gasteiger partial charge >= 0.3 is 5.97 Å². The highest BCUT2D eigenvalue weighted by Crippen LogP contribution is 2.19. The summed E-state index contributed by atoms with van der Waals surface area (Å²) in [4.78, 5) is 64.6. The van der Waals surface area contributed by atoms with Crippen LogP contribution in [0.2, 0.25) is 0 Å². The van der Waals surface area contributed by atoms with Crippen LogP contribution >= 0.6 is 12.6 Å². The molecule has 1 aromatic carbocycles. The molecule has 4 atom stereocenters. The van der Waals surface area contributed by atoms with Gasteiger partial charge in [-0.15, -0.1) is 0 Å². The maximum absolute atomic E-state index is 13.2. The van der Waals surface area contributed by atoms with Crippen LogP contribution in [0.3, 0.4) is 0 Å². The van der Waals surface area contributed by atoms with E-state index in [0.29, 0.717) is 0 Å². The van der Waals surface area contributed by atoms with Crippen LogP contribution in [0, 0.1) is 5.92 Å². The number of H-pyrrole nitrogens is 1. The third kappa shape index (κ3) is 9.06. The molecule has 13 heteroatoms. The Morgan fingerprint density at radius 3 is 2.18 bits per heavy atom. The molecule has 9 N–H and O–H groups in total. The molecular formula is C25H36N6O6S. The molecule has 0 aliphatic heterocycles. The summed E-state index contributed by atoms with van der Waals surface area (Å²) < 4.78 is 0. The number of aromatic nitrogens is 1. The topological polar surface area (TPSA) is 209 Å². The minimum absolute atomic E-state index is 0.00522. The van der Waals surface area contributed by atoms with E-state index in [2.05, 4.69) is 33.6 Å². The molecule has 0 radical (unpaired) electrons. The molecule has 4 amide bonds. The van der Waals surface area contributed by atoms with Gasteiger partial charge in [-0.05, 0) is 36.8 Å². The van der Waals surface area contributed by atoms with E-state index in [1.165, 1.54) is 0 Å². The predicted octanol–water partition coefficient (Wildman–Crippen LogP) is -0.182. The Morgan fingerprint density at radius 2 is 1.58 bits per heavy atom. The number of nitrogens with one attached hydrogen (secondary N) is 4. The Balaban J connectivity index is 2.13. The van der Waals surface area contributed by atoms with Gasteiger partial charge in [-0.25, -0.2) is 4.79 Å². The smallest absolute Gasteiger partial charge is 0.327 e. The monoisotopic (exact) mass is 548 g/mol. The van der Waals surface area contributed by atoms with Crippen LogP contribution in [0.15, 0.2) is 30.5 Å². The number of amides is 4. The number of hydrogen-bond acceptors (Lipinski definition) is 7. The third-order valence-corrected chi connectivity index (χ3v) is 6.27. The number of fused-ring (bicyclic) bond motifs is 1. The average Bonchev–Trinajstić information content (AvgIpc) is 3.26. The van der Waals surface area contributed by atoms with Gasteiger partial charge in [0.15, 0.2) is 0 Å². The molecule has 0 saturated carbocycles. The van der Waals surface area contributed by atoms with Crippen molar-refractivity contribution in [3.05, 3.63) is 36.0 Å². The Hall–Kier alpha value is -3.58. The molecule has 0 aliphatic rings. The fourth-order valence-corrected chi connectivity index (χ4v) is 4.14. The lowest BCUT2D eigenvalue weighted by atomic mass is 10.0. The summed E-state index contributed by atoms with van der Waals surface area (Å²) in [5.74, 6) is -4.22. The number of carboxylic acid groups (broad SMARTS) is 1.